The third-order valence-electron chi connectivity index (χ3n) is 5.29. The normalized spacial score (nSPS) is 14.9. The first-order valence-corrected chi connectivity index (χ1v) is 10.1. The number of hydrogen-bond acceptors (Lipinski definition) is 3. The first-order chi connectivity index (χ1) is 13.2. The SMILES string of the molecule is Cc1cc(C)cc(OCCCn2c(CN3CCCC3)nc3ccccc32)c1. The molecule has 4 rings (SSSR count). The van der Waals surface area contributed by atoms with Crippen LogP contribution in [-0.4, -0.2) is 34.1 Å². The molecule has 27 heavy (non-hydrogen) atoms. The molecule has 0 N–H and O–H groups in total. The number of para-hydroxylation sites is 2. The molecule has 1 saturated heterocycles. The summed E-state index contributed by atoms with van der Waals surface area (Å²) >= 11 is 0. The minimum atomic E-state index is 0.721. The van der Waals surface area contributed by atoms with Crippen molar-refractivity contribution in [2.45, 2.75) is 46.2 Å². The molecule has 0 unspecified atom stereocenters. The molecule has 0 spiro atoms. The Morgan fingerprint density at radius 1 is 1.00 bits per heavy atom. The van der Waals surface area contributed by atoms with Gasteiger partial charge in [-0.2, -0.15) is 0 Å². The lowest BCUT2D eigenvalue weighted by Gasteiger charge is -2.16. The van der Waals surface area contributed by atoms with E-state index in [9.17, 15) is 0 Å². The topological polar surface area (TPSA) is 30.3 Å². The highest BCUT2D eigenvalue weighted by Gasteiger charge is 2.17. The number of rotatable bonds is 7. The molecule has 2 heterocycles. The summed E-state index contributed by atoms with van der Waals surface area (Å²) in [4.78, 5) is 7.43. The zero-order valence-corrected chi connectivity index (χ0v) is 16.4. The molecule has 4 nitrogen and oxygen atoms in total. The second-order valence-corrected chi connectivity index (χ2v) is 7.68. The van der Waals surface area contributed by atoms with Gasteiger partial charge in [-0.3, -0.25) is 4.90 Å². The summed E-state index contributed by atoms with van der Waals surface area (Å²) in [5.74, 6) is 2.16. The summed E-state index contributed by atoms with van der Waals surface area (Å²) in [6.07, 6.45) is 3.59. The fraction of sp³-hybridized carbons (Fsp3) is 0.435. The van der Waals surface area contributed by atoms with E-state index in [1.165, 1.54) is 48.4 Å². The van der Waals surface area contributed by atoms with Crippen molar-refractivity contribution in [3.63, 3.8) is 0 Å². The van der Waals surface area contributed by atoms with Gasteiger partial charge in [-0.15, -0.1) is 0 Å². The van der Waals surface area contributed by atoms with E-state index in [-0.39, 0.29) is 0 Å². The van der Waals surface area contributed by atoms with Crippen molar-refractivity contribution in [2.24, 2.45) is 0 Å². The van der Waals surface area contributed by atoms with Gasteiger partial charge in [0.2, 0.25) is 0 Å². The molecule has 0 aliphatic carbocycles. The Morgan fingerprint density at radius 2 is 1.74 bits per heavy atom. The predicted molar refractivity (Wildman–Crippen MR) is 110 cm³/mol. The smallest absolute Gasteiger partial charge is 0.124 e. The van der Waals surface area contributed by atoms with Gasteiger partial charge in [0.1, 0.15) is 11.6 Å². The summed E-state index contributed by atoms with van der Waals surface area (Å²) in [6.45, 7) is 9.22. The van der Waals surface area contributed by atoms with Gasteiger partial charge >= 0.3 is 0 Å². The van der Waals surface area contributed by atoms with Crippen LogP contribution in [0.1, 0.15) is 36.2 Å². The van der Waals surface area contributed by atoms with Crippen LogP contribution in [-0.2, 0) is 13.1 Å². The first kappa shape index (κ1) is 18.1. The van der Waals surface area contributed by atoms with Crippen molar-refractivity contribution in [3.8, 4) is 5.75 Å². The Bertz CT molecular complexity index is 889. The first-order valence-electron chi connectivity index (χ1n) is 10.1. The van der Waals surface area contributed by atoms with Crippen molar-refractivity contribution in [1.82, 2.24) is 14.5 Å². The van der Waals surface area contributed by atoms with E-state index < -0.39 is 0 Å². The number of likely N-dealkylation sites (tertiary alicyclic amines) is 1. The Balaban J connectivity index is 1.44. The van der Waals surface area contributed by atoms with Crippen molar-refractivity contribution in [1.29, 1.82) is 0 Å². The van der Waals surface area contributed by atoms with E-state index in [0.717, 1.165) is 37.4 Å². The average Bonchev–Trinajstić information content (AvgIpc) is 3.26. The Labute approximate surface area is 161 Å². The maximum atomic E-state index is 6.01. The van der Waals surface area contributed by atoms with Gasteiger partial charge in [0, 0.05) is 6.54 Å². The van der Waals surface area contributed by atoms with Gasteiger partial charge in [0.05, 0.1) is 24.2 Å². The summed E-state index contributed by atoms with van der Waals surface area (Å²) in [5, 5.41) is 0. The number of ether oxygens (including phenoxy) is 1. The molecule has 0 saturated carbocycles. The molecule has 3 aromatic rings. The van der Waals surface area contributed by atoms with E-state index in [1.807, 2.05) is 0 Å². The fourth-order valence-corrected chi connectivity index (χ4v) is 4.07. The molecule has 0 bridgehead atoms. The van der Waals surface area contributed by atoms with Gasteiger partial charge in [-0.25, -0.2) is 4.98 Å². The zero-order chi connectivity index (χ0) is 18.6. The molecule has 0 amide bonds. The van der Waals surface area contributed by atoms with Gasteiger partial charge < -0.3 is 9.30 Å². The minimum absolute atomic E-state index is 0.721. The van der Waals surface area contributed by atoms with Crippen LogP contribution in [0.3, 0.4) is 0 Å². The molecule has 4 heteroatoms. The lowest BCUT2D eigenvalue weighted by Crippen LogP contribution is -2.21. The molecule has 0 atom stereocenters. The predicted octanol–water partition coefficient (Wildman–Crippen LogP) is 4.72. The van der Waals surface area contributed by atoms with Crippen molar-refractivity contribution in [2.75, 3.05) is 19.7 Å². The second kappa shape index (κ2) is 8.13. The number of fused-ring (bicyclic) bond motifs is 1. The maximum absolute atomic E-state index is 6.01. The molecule has 0 radical (unpaired) electrons. The number of nitrogens with zero attached hydrogens (tertiary/aromatic N) is 3. The zero-order valence-electron chi connectivity index (χ0n) is 16.4. The molecule has 1 aliphatic heterocycles. The summed E-state index contributed by atoms with van der Waals surface area (Å²) in [7, 11) is 0. The van der Waals surface area contributed by atoms with Gasteiger partial charge in [-0.05, 0) is 81.6 Å². The molecule has 2 aromatic carbocycles. The highest BCUT2D eigenvalue weighted by Crippen LogP contribution is 2.20. The van der Waals surface area contributed by atoms with E-state index in [4.69, 9.17) is 9.72 Å². The molecule has 142 valence electrons. The number of benzene rings is 2. The standard InChI is InChI=1S/C23H29N3O/c1-18-14-19(2)16-20(15-18)27-13-7-12-26-22-9-4-3-8-21(22)24-23(26)17-25-10-5-6-11-25/h3-4,8-9,14-16H,5-7,10-13,17H2,1-2H3. The molecule has 1 aliphatic rings. The van der Waals surface area contributed by atoms with E-state index in [1.54, 1.807) is 0 Å². The second-order valence-electron chi connectivity index (χ2n) is 7.68. The lowest BCUT2D eigenvalue weighted by atomic mass is 10.1. The number of aromatic nitrogens is 2. The van der Waals surface area contributed by atoms with Crippen LogP contribution < -0.4 is 4.74 Å². The van der Waals surface area contributed by atoms with Crippen molar-refractivity contribution in [3.05, 3.63) is 59.4 Å². The van der Waals surface area contributed by atoms with E-state index >= 15 is 0 Å². The van der Waals surface area contributed by atoms with Crippen LogP contribution in [0.25, 0.3) is 11.0 Å². The van der Waals surface area contributed by atoms with Gasteiger partial charge in [0.25, 0.3) is 0 Å². The fourth-order valence-electron chi connectivity index (χ4n) is 4.07. The highest BCUT2D eigenvalue weighted by atomic mass is 16.5. The molecular formula is C23H29N3O. The van der Waals surface area contributed by atoms with Crippen molar-refractivity contribution < 1.29 is 4.74 Å². The Kier molecular flexibility index (Phi) is 5.44. The Morgan fingerprint density at radius 3 is 2.52 bits per heavy atom. The monoisotopic (exact) mass is 363 g/mol. The van der Waals surface area contributed by atoms with Crippen LogP contribution in [0.15, 0.2) is 42.5 Å². The summed E-state index contributed by atoms with van der Waals surface area (Å²) in [6, 6.07) is 14.9. The lowest BCUT2D eigenvalue weighted by molar-refractivity contribution is 0.293. The molecular weight excluding hydrogens is 334 g/mol. The number of aryl methyl sites for hydroxylation is 3. The van der Waals surface area contributed by atoms with Crippen LogP contribution in [0.4, 0.5) is 0 Å². The molecule has 1 fully saturated rings. The van der Waals surface area contributed by atoms with E-state index in [2.05, 4.69) is 65.8 Å². The Hall–Kier alpha value is -2.33. The average molecular weight is 364 g/mol. The van der Waals surface area contributed by atoms with Crippen molar-refractivity contribution >= 4 is 11.0 Å². The molecule has 1 aromatic heterocycles. The van der Waals surface area contributed by atoms with Crippen LogP contribution in [0.5, 0.6) is 5.75 Å². The van der Waals surface area contributed by atoms with Crippen LogP contribution >= 0.6 is 0 Å². The maximum Gasteiger partial charge on any atom is 0.124 e. The summed E-state index contributed by atoms with van der Waals surface area (Å²) in [5.41, 5.74) is 4.83. The largest absolute Gasteiger partial charge is 0.494 e. The van der Waals surface area contributed by atoms with Crippen LogP contribution in [0, 0.1) is 13.8 Å². The quantitative estimate of drug-likeness (QED) is 0.569. The number of imidazole rings is 1. The minimum Gasteiger partial charge on any atom is -0.494 e. The third-order valence-corrected chi connectivity index (χ3v) is 5.29. The summed E-state index contributed by atoms with van der Waals surface area (Å²) < 4.78 is 8.39. The van der Waals surface area contributed by atoms with Gasteiger partial charge in [0.15, 0.2) is 0 Å². The van der Waals surface area contributed by atoms with Gasteiger partial charge in [-0.1, -0.05) is 18.2 Å². The third kappa shape index (κ3) is 4.33. The van der Waals surface area contributed by atoms with Crippen LogP contribution in [0.2, 0.25) is 0 Å². The number of hydrogen-bond donors (Lipinski definition) is 0. The van der Waals surface area contributed by atoms with E-state index in [0.29, 0.717) is 0 Å². The highest BCUT2D eigenvalue weighted by molar-refractivity contribution is 5.75.